The van der Waals surface area contributed by atoms with E-state index < -0.39 is 30.4 Å². The Hall–Kier alpha value is -3.39. The molecule has 8 nitrogen and oxygen atoms in total. The number of carbonyl (C=O) groups is 3. The molecular weight excluding hydrogens is 422 g/mol. The first-order chi connectivity index (χ1) is 15.8. The molecule has 0 saturated heterocycles. The smallest absolute Gasteiger partial charge is 0.407 e. The Kier molecular flexibility index (Phi) is 8.06. The number of carbonyl (C=O) groups excluding carboxylic acids is 2. The van der Waals surface area contributed by atoms with E-state index >= 15 is 0 Å². The molecule has 2 aromatic carbocycles. The predicted octanol–water partition coefficient (Wildman–Crippen LogP) is 2.82. The van der Waals surface area contributed by atoms with Gasteiger partial charge in [0.05, 0.1) is 6.42 Å². The number of nitrogens with zero attached hydrogens (tertiary/aromatic N) is 1. The molecule has 33 heavy (non-hydrogen) atoms. The molecule has 176 valence electrons. The molecule has 1 aliphatic rings. The van der Waals surface area contributed by atoms with Crippen LogP contribution in [0.25, 0.3) is 11.1 Å². The largest absolute Gasteiger partial charge is 0.481 e. The molecule has 2 atom stereocenters. The summed E-state index contributed by atoms with van der Waals surface area (Å²) in [5, 5.41) is 14.4. The lowest BCUT2D eigenvalue weighted by atomic mass is 9.98. The second-order valence-corrected chi connectivity index (χ2v) is 8.62. The van der Waals surface area contributed by atoms with E-state index in [9.17, 15) is 19.5 Å². The quantitative estimate of drug-likeness (QED) is 0.511. The van der Waals surface area contributed by atoms with Crippen LogP contribution >= 0.6 is 0 Å². The molecule has 1 aliphatic carbocycles. The van der Waals surface area contributed by atoms with Crippen LogP contribution in [-0.2, 0) is 14.3 Å². The highest BCUT2D eigenvalue weighted by atomic mass is 16.5. The zero-order valence-electron chi connectivity index (χ0n) is 19.2. The summed E-state index contributed by atoms with van der Waals surface area (Å²) >= 11 is 0. The normalized spacial score (nSPS) is 14.2. The summed E-state index contributed by atoms with van der Waals surface area (Å²) in [6.07, 6.45) is -0.654. The van der Waals surface area contributed by atoms with E-state index in [4.69, 9.17) is 4.74 Å². The van der Waals surface area contributed by atoms with E-state index in [0.29, 0.717) is 6.42 Å². The van der Waals surface area contributed by atoms with Crippen LogP contribution in [0.5, 0.6) is 0 Å². The fourth-order valence-corrected chi connectivity index (χ4v) is 4.03. The van der Waals surface area contributed by atoms with Crippen molar-refractivity contribution in [3.63, 3.8) is 0 Å². The molecule has 8 heteroatoms. The zero-order chi connectivity index (χ0) is 24.0. The zero-order valence-corrected chi connectivity index (χ0v) is 19.2. The summed E-state index contributed by atoms with van der Waals surface area (Å²) in [4.78, 5) is 38.4. The maximum Gasteiger partial charge on any atom is 0.407 e. The topological polar surface area (TPSA) is 108 Å². The van der Waals surface area contributed by atoms with Gasteiger partial charge < -0.3 is 25.4 Å². The molecular formula is C25H31N3O5. The average molecular weight is 454 g/mol. The van der Waals surface area contributed by atoms with Gasteiger partial charge in [-0.3, -0.25) is 9.59 Å². The van der Waals surface area contributed by atoms with Crippen molar-refractivity contribution >= 4 is 18.0 Å². The summed E-state index contributed by atoms with van der Waals surface area (Å²) in [6.45, 7) is 2.69. The van der Waals surface area contributed by atoms with Crippen molar-refractivity contribution in [1.82, 2.24) is 15.5 Å². The SMILES string of the molecule is CC(CCN(C)C)NC(=O)C(CC(=O)O)NC(=O)OCC1c2ccccc2-c2ccccc21. The van der Waals surface area contributed by atoms with Gasteiger partial charge in [0.1, 0.15) is 12.6 Å². The van der Waals surface area contributed by atoms with Crippen molar-refractivity contribution in [2.75, 3.05) is 27.2 Å². The highest BCUT2D eigenvalue weighted by Crippen LogP contribution is 2.44. The van der Waals surface area contributed by atoms with E-state index in [-0.39, 0.29) is 18.6 Å². The second-order valence-electron chi connectivity index (χ2n) is 8.62. The fourth-order valence-electron chi connectivity index (χ4n) is 4.03. The van der Waals surface area contributed by atoms with Gasteiger partial charge in [0.2, 0.25) is 5.91 Å². The molecule has 0 saturated carbocycles. The Bertz CT molecular complexity index is 962. The van der Waals surface area contributed by atoms with Gasteiger partial charge in [0.15, 0.2) is 0 Å². The highest BCUT2D eigenvalue weighted by molar-refractivity contribution is 5.89. The summed E-state index contributed by atoms with van der Waals surface area (Å²) in [7, 11) is 3.86. The van der Waals surface area contributed by atoms with Gasteiger partial charge in [-0.25, -0.2) is 4.79 Å². The lowest BCUT2D eigenvalue weighted by molar-refractivity contribution is -0.140. The molecule has 2 unspecified atom stereocenters. The number of ether oxygens (including phenoxy) is 1. The van der Waals surface area contributed by atoms with Gasteiger partial charge in [-0.15, -0.1) is 0 Å². The third-order valence-corrected chi connectivity index (χ3v) is 5.73. The molecule has 0 radical (unpaired) electrons. The third kappa shape index (κ3) is 6.32. The number of nitrogens with one attached hydrogen (secondary N) is 2. The van der Waals surface area contributed by atoms with Gasteiger partial charge in [-0.1, -0.05) is 48.5 Å². The number of benzene rings is 2. The monoisotopic (exact) mass is 453 g/mol. The molecule has 0 fully saturated rings. The van der Waals surface area contributed by atoms with Crippen LogP contribution in [0.4, 0.5) is 4.79 Å². The van der Waals surface area contributed by atoms with Gasteiger partial charge in [0, 0.05) is 12.0 Å². The number of carboxylic acids is 1. The third-order valence-electron chi connectivity index (χ3n) is 5.73. The maximum atomic E-state index is 12.6. The molecule has 3 rings (SSSR count). The number of carboxylic acid groups (broad SMARTS) is 1. The number of alkyl carbamates (subject to hydrolysis) is 1. The van der Waals surface area contributed by atoms with Gasteiger partial charge >= 0.3 is 12.1 Å². The standard InChI is InChI=1S/C25H31N3O5/c1-16(12-13-28(2)3)26-24(31)22(14-23(29)30)27-25(32)33-15-21-19-10-6-4-8-17(19)18-9-5-7-11-20(18)21/h4-11,16,21-22H,12-15H2,1-3H3,(H,26,31)(H,27,32)(H,29,30). The van der Waals surface area contributed by atoms with Crippen LogP contribution in [0.3, 0.4) is 0 Å². The summed E-state index contributed by atoms with van der Waals surface area (Å²) in [6, 6.07) is 14.6. The summed E-state index contributed by atoms with van der Waals surface area (Å²) in [5.41, 5.74) is 4.36. The Morgan fingerprint density at radius 3 is 2.12 bits per heavy atom. The number of rotatable bonds is 10. The first-order valence-electron chi connectivity index (χ1n) is 11.0. The summed E-state index contributed by atoms with van der Waals surface area (Å²) in [5.74, 6) is -1.85. The average Bonchev–Trinajstić information content (AvgIpc) is 3.09. The van der Waals surface area contributed by atoms with Crippen LogP contribution in [0.2, 0.25) is 0 Å². The molecule has 2 aromatic rings. The van der Waals surface area contributed by atoms with E-state index in [2.05, 4.69) is 10.6 Å². The predicted molar refractivity (Wildman–Crippen MR) is 125 cm³/mol. The number of hydrogen-bond acceptors (Lipinski definition) is 5. The van der Waals surface area contributed by atoms with Crippen LogP contribution in [-0.4, -0.2) is 67.3 Å². The molecule has 0 bridgehead atoms. The van der Waals surface area contributed by atoms with E-state index in [1.54, 1.807) is 0 Å². The number of amides is 2. The molecule has 0 heterocycles. The first kappa shape index (κ1) is 24.3. The van der Waals surface area contributed by atoms with Crippen LogP contribution < -0.4 is 10.6 Å². The first-order valence-corrected chi connectivity index (χ1v) is 11.0. The summed E-state index contributed by atoms with van der Waals surface area (Å²) < 4.78 is 5.46. The number of hydrogen-bond donors (Lipinski definition) is 3. The molecule has 0 aromatic heterocycles. The second kappa shape index (κ2) is 11.0. The van der Waals surface area contributed by atoms with E-state index in [1.807, 2.05) is 74.4 Å². The Labute approximate surface area is 193 Å². The maximum absolute atomic E-state index is 12.6. The Balaban J connectivity index is 1.62. The molecule has 2 amide bonds. The lowest BCUT2D eigenvalue weighted by Crippen LogP contribution is -2.50. The van der Waals surface area contributed by atoms with Crippen molar-refractivity contribution in [1.29, 1.82) is 0 Å². The van der Waals surface area contributed by atoms with Crippen molar-refractivity contribution in [2.24, 2.45) is 0 Å². The van der Waals surface area contributed by atoms with E-state index in [0.717, 1.165) is 28.8 Å². The fraction of sp³-hybridized carbons (Fsp3) is 0.400. The minimum Gasteiger partial charge on any atom is -0.481 e. The molecule has 3 N–H and O–H groups in total. The van der Waals surface area contributed by atoms with Crippen molar-refractivity contribution in [2.45, 2.75) is 37.8 Å². The minimum atomic E-state index is -1.22. The van der Waals surface area contributed by atoms with E-state index in [1.165, 1.54) is 0 Å². The van der Waals surface area contributed by atoms with Crippen molar-refractivity contribution in [3.8, 4) is 11.1 Å². The minimum absolute atomic E-state index is 0.0838. The molecule has 0 spiro atoms. The Morgan fingerprint density at radius 1 is 1.00 bits per heavy atom. The number of fused-ring (bicyclic) bond motifs is 3. The highest BCUT2D eigenvalue weighted by Gasteiger charge is 2.30. The molecule has 0 aliphatic heterocycles. The lowest BCUT2D eigenvalue weighted by Gasteiger charge is -2.22. The van der Waals surface area contributed by atoms with Crippen LogP contribution in [0, 0.1) is 0 Å². The van der Waals surface area contributed by atoms with Crippen molar-refractivity contribution < 1.29 is 24.2 Å². The van der Waals surface area contributed by atoms with Gasteiger partial charge in [0.25, 0.3) is 0 Å². The van der Waals surface area contributed by atoms with Gasteiger partial charge in [-0.2, -0.15) is 0 Å². The van der Waals surface area contributed by atoms with Crippen LogP contribution in [0.1, 0.15) is 36.8 Å². The van der Waals surface area contributed by atoms with Crippen molar-refractivity contribution in [3.05, 3.63) is 59.7 Å². The number of aliphatic carboxylic acids is 1. The van der Waals surface area contributed by atoms with Gasteiger partial charge in [-0.05, 0) is 56.2 Å². The van der Waals surface area contributed by atoms with Crippen LogP contribution in [0.15, 0.2) is 48.5 Å². The Morgan fingerprint density at radius 2 is 1.58 bits per heavy atom.